The lowest BCUT2D eigenvalue weighted by Gasteiger charge is -2.49. The maximum Gasteiger partial charge on any atom is 0.132 e. The maximum absolute atomic E-state index is 11.8. The molecule has 0 radical (unpaired) electrons. The van der Waals surface area contributed by atoms with Gasteiger partial charge in [0.1, 0.15) is 10.5 Å². The summed E-state index contributed by atoms with van der Waals surface area (Å²) in [6, 6.07) is 15.3. The number of aromatic nitrogens is 2. The van der Waals surface area contributed by atoms with Crippen LogP contribution in [0.2, 0.25) is 10.0 Å². The first-order chi connectivity index (χ1) is 14.0. The molecule has 0 aliphatic carbocycles. The van der Waals surface area contributed by atoms with Gasteiger partial charge >= 0.3 is 0 Å². The van der Waals surface area contributed by atoms with Gasteiger partial charge in [-0.1, -0.05) is 47.5 Å². The number of likely N-dealkylation sites (tertiary alicyclic amines) is 1. The van der Waals surface area contributed by atoms with Crippen LogP contribution in [0, 0.1) is 0 Å². The van der Waals surface area contributed by atoms with Gasteiger partial charge in [0.2, 0.25) is 0 Å². The Morgan fingerprint density at radius 2 is 1.66 bits per heavy atom. The minimum Gasteiger partial charge on any atom is -0.760 e. The van der Waals surface area contributed by atoms with E-state index in [9.17, 15) is 8.76 Å². The molecular formula is C19H17Cl2N4O2S2-. The molecule has 0 saturated carbocycles. The second-order valence-electron chi connectivity index (χ2n) is 6.74. The first-order valence-corrected chi connectivity index (χ1v) is 11.5. The van der Waals surface area contributed by atoms with Gasteiger partial charge in [0.25, 0.3) is 0 Å². The molecule has 0 spiro atoms. The third-order valence-corrected chi connectivity index (χ3v) is 6.92. The molecule has 1 unspecified atom stereocenters. The summed E-state index contributed by atoms with van der Waals surface area (Å²) < 4.78 is 25.0. The molecule has 2 heterocycles. The van der Waals surface area contributed by atoms with Crippen molar-refractivity contribution in [3.05, 3.63) is 80.2 Å². The summed E-state index contributed by atoms with van der Waals surface area (Å²) in [5, 5.41) is 9.78. The third-order valence-electron chi connectivity index (χ3n) is 4.92. The Morgan fingerprint density at radius 1 is 1.10 bits per heavy atom. The average molecular weight is 468 g/mol. The molecule has 3 aromatic rings. The van der Waals surface area contributed by atoms with E-state index in [1.165, 1.54) is 15.6 Å². The van der Waals surface area contributed by atoms with Gasteiger partial charge in [-0.2, -0.15) is 0 Å². The van der Waals surface area contributed by atoms with Gasteiger partial charge in [0.15, 0.2) is 0 Å². The van der Waals surface area contributed by atoms with Gasteiger partial charge in [-0.25, -0.2) is 4.31 Å². The van der Waals surface area contributed by atoms with Crippen molar-refractivity contribution in [2.24, 2.45) is 0 Å². The number of hydrogen-bond donors (Lipinski definition) is 0. The molecule has 1 aliphatic rings. The molecule has 0 N–H and O–H groups in total. The second kappa shape index (κ2) is 9.18. The molecule has 6 nitrogen and oxygen atoms in total. The third kappa shape index (κ3) is 4.86. The van der Waals surface area contributed by atoms with Crippen LogP contribution < -0.4 is 0 Å². The Bertz CT molecular complexity index is 919. The van der Waals surface area contributed by atoms with E-state index in [1.807, 2.05) is 48.5 Å². The summed E-state index contributed by atoms with van der Waals surface area (Å²) in [4.78, 5) is 2.25. The second-order valence-corrected chi connectivity index (χ2v) is 9.43. The van der Waals surface area contributed by atoms with E-state index in [4.69, 9.17) is 23.2 Å². The van der Waals surface area contributed by atoms with E-state index in [-0.39, 0.29) is 18.6 Å². The number of benzene rings is 2. The summed E-state index contributed by atoms with van der Waals surface area (Å²) in [5.41, 5.74) is 3.79. The summed E-state index contributed by atoms with van der Waals surface area (Å²) in [7, 11) is 0. The average Bonchev–Trinajstić information content (AvgIpc) is 3.18. The number of hydrogen-bond acceptors (Lipinski definition) is 6. The van der Waals surface area contributed by atoms with Crippen molar-refractivity contribution in [1.82, 2.24) is 19.4 Å². The zero-order chi connectivity index (χ0) is 20.4. The van der Waals surface area contributed by atoms with Gasteiger partial charge in [-0.3, -0.25) is 9.11 Å². The lowest BCUT2D eigenvalue weighted by molar-refractivity contribution is 0.0493. The highest BCUT2D eigenvalue weighted by molar-refractivity contribution is 7.76. The predicted molar refractivity (Wildman–Crippen MR) is 114 cm³/mol. The lowest BCUT2D eigenvalue weighted by Crippen LogP contribution is -2.60. The van der Waals surface area contributed by atoms with Crippen molar-refractivity contribution in [3.8, 4) is 0 Å². The molecule has 152 valence electrons. The normalized spacial score (nSPS) is 16.3. The first-order valence-electron chi connectivity index (χ1n) is 8.87. The molecule has 1 saturated heterocycles. The van der Waals surface area contributed by atoms with Crippen LogP contribution in [-0.2, 0) is 17.8 Å². The van der Waals surface area contributed by atoms with Crippen LogP contribution >= 0.6 is 34.5 Å². The monoisotopic (exact) mass is 467 g/mol. The van der Waals surface area contributed by atoms with Crippen molar-refractivity contribution < 1.29 is 8.76 Å². The van der Waals surface area contributed by atoms with E-state index in [0.717, 1.165) is 11.1 Å². The van der Waals surface area contributed by atoms with E-state index in [0.29, 0.717) is 28.1 Å². The zero-order valence-electron chi connectivity index (χ0n) is 15.1. The number of halogens is 2. The Hall–Kier alpha value is -1.39. The Labute approximate surface area is 185 Å². The molecule has 0 amide bonds. The standard InChI is InChI=1S/C19H18Cl2N4O2S2/c20-15-5-1-13(2-6-15)19(14-3-7-16(21)8-4-14)24-9-17(10-24)25(29(26)27)11-18-23-22-12-28-18/h1-8,12,17,19H,9-11H2,(H,26,27)/p-1. The summed E-state index contributed by atoms with van der Waals surface area (Å²) >= 11 is 11.1. The van der Waals surface area contributed by atoms with Crippen molar-refractivity contribution >= 4 is 45.8 Å². The van der Waals surface area contributed by atoms with E-state index < -0.39 is 11.3 Å². The SMILES string of the molecule is O=S([O-])N(Cc1nncs1)C1CN(C(c2ccc(Cl)cc2)c2ccc(Cl)cc2)C1. The quantitative estimate of drug-likeness (QED) is 0.492. The molecule has 1 fully saturated rings. The fourth-order valence-corrected chi connectivity index (χ4v) is 4.95. The molecular weight excluding hydrogens is 451 g/mol. The summed E-state index contributed by atoms with van der Waals surface area (Å²) in [6.45, 7) is 1.47. The van der Waals surface area contributed by atoms with E-state index in [2.05, 4.69) is 15.1 Å². The minimum absolute atomic E-state index is 0.00995. The van der Waals surface area contributed by atoms with Gasteiger partial charge in [0, 0.05) is 40.4 Å². The molecule has 1 aliphatic heterocycles. The van der Waals surface area contributed by atoms with E-state index in [1.54, 1.807) is 5.51 Å². The number of nitrogens with zero attached hydrogens (tertiary/aromatic N) is 4. The molecule has 1 atom stereocenters. The van der Waals surface area contributed by atoms with Gasteiger partial charge in [-0.15, -0.1) is 21.5 Å². The molecule has 2 aromatic carbocycles. The lowest BCUT2D eigenvalue weighted by atomic mass is 9.93. The van der Waals surface area contributed by atoms with Gasteiger partial charge in [0.05, 0.1) is 12.6 Å². The fraction of sp³-hybridized carbons (Fsp3) is 0.263. The molecule has 1 aromatic heterocycles. The highest BCUT2D eigenvalue weighted by Gasteiger charge is 2.38. The van der Waals surface area contributed by atoms with Crippen LogP contribution in [0.25, 0.3) is 0 Å². The topological polar surface area (TPSA) is 72.4 Å². The van der Waals surface area contributed by atoms with Crippen LogP contribution in [0.5, 0.6) is 0 Å². The molecule has 0 bridgehead atoms. The Morgan fingerprint density at radius 3 is 2.10 bits per heavy atom. The summed E-state index contributed by atoms with van der Waals surface area (Å²) in [6.07, 6.45) is 0. The highest BCUT2D eigenvalue weighted by Crippen LogP contribution is 2.35. The van der Waals surface area contributed by atoms with E-state index >= 15 is 0 Å². The van der Waals surface area contributed by atoms with Crippen molar-refractivity contribution in [2.75, 3.05) is 13.1 Å². The highest BCUT2D eigenvalue weighted by atomic mass is 35.5. The zero-order valence-corrected chi connectivity index (χ0v) is 18.3. The fourth-order valence-electron chi connectivity index (χ4n) is 3.49. The van der Waals surface area contributed by atoms with Crippen molar-refractivity contribution in [3.63, 3.8) is 0 Å². The van der Waals surface area contributed by atoms with Crippen LogP contribution in [0.4, 0.5) is 0 Å². The van der Waals surface area contributed by atoms with Crippen LogP contribution in [0.1, 0.15) is 22.2 Å². The predicted octanol–water partition coefficient (Wildman–Crippen LogP) is 3.91. The Balaban J connectivity index is 1.54. The first kappa shape index (κ1) is 20.9. The van der Waals surface area contributed by atoms with Crippen molar-refractivity contribution in [1.29, 1.82) is 0 Å². The minimum atomic E-state index is -2.33. The van der Waals surface area contributed by atoms with Gasteiger partial charge in [-0.05, 0) is 35.4 Å². The molecule has 10 heteroatoms. The largest absolute Gasteiger partial charge is 0.760 e. The van der Waals surface area contributed by atoms with Crippen LogP contribution in [0.15, 0.2) is 54.0 Å². The smallest absolute Gasteiger partial charge is 0.132 e. The Kier molecular flexibility index (Phi) is 6.60. The van der Waals surface area contributed by atoms with Crippen LogP contribution in [0.3, 0.4) is 0 Å². The maximum atomic E-state index is 11.8. The summed E-state index contributed by atoms with van der Waals surface area (Å²) in [5.74, 6) is 0. The number of rotatable bonds is 7. The molecule has 4 rings (SSSR count). The molecule has 29 heavy (non-hydrogen) atoms. The van der Waals surface area contributed by atoms with Gasteiger partial charge < -0.3 is 4.55 Å². The van der Waals surface area contributed by atoms with Crippen molar-refractivity contribution in [2.45, 2.75) is 18.6 Å². The van der Waals surface area contributed by atoms with Crippen LogP contribution in [-0.4, -0.2) is 47.3 Å².